The second kappa shape index (κ2) is 7.28. The summed E-state index contributed by atoms with van der Waals surface area (Å²) in [6, 6.07) is 2.12. The van der Waals surface area contributed by atoms with Crippen LogP contribution in [0.4, 0.5) is 10.5 Å². The Bertz CT molecular complexity index is 1060. The Hall–Kier alpha value is -2.51. The molecule has 0 aromatic carbocycles. The third-order valence-corrected chi connectivity index (χ3v) is 6.00. The monoisotopic (exact) mass is 429 g/mol. The van der Waals surface area contributed by atoms with Crippen LogP contribution in [0.3, 0.4) is 0 Å². The van der Waals surface area contributed by atoms with Crippen molar-refractivity contribution >= 4 is 22.9 Å². The SMILES string of the molecule is Cn1c(=O)n(CC(C)(C)C)c2c(N3CC4CC(C3)N(C(=O)OC(C)(C)C)C4)ccnc21. The van der Waals surface area contributed by atoms with Gasteiger partial charge in [0.15, 0.2) is 5.65 Å². The quantitative estimate of drug-likeness (QED) is 0.733. The third kappa shape index (κ3) is 4.16. The number of aryl methyl sites for hydroxylation is 1. The number of likely N-dealkylation sites (tertiary alicyclic amines) is 1. The average molecular weight is 430 g/mol. The van der Waals surface area contributed by atoms with E-state index < -0.39 is 5.60 Å². The molecule has 31 heavy (non-hydrogen) atoms. The van der Waals surface area contributed by atoms with Crippen LogP contribution >= 0.6 is 0 Å². The van der Waals surface area contributed by atoms with E-state index in [0.29, 0.717) is 24.7 Å². The van der Waals surface area contributed by atoms with E-state index in [-0.39, 0.29) is 23.2 Å². The highest BCUT2D eigenvalue weighted by Gasteiger charge is 2.43. The first-order valence-corrected chi connectivity index (χ1v) is 11.1. The maximum absolute atomic E-state index is 13.0. The second-order valence-corrected chi connectivity index (χ2v) is 11.3. The fourth-order valence-electron chi connectivity index (χ4n) is 4.88. The summed E-state index contributed by atoms with van der Waals surface area (Å²) in [4.78, 5) is 34.5. The Morgan fingerprint density at radius 2 is 1.87 bits per heavy atom. The van der Waals surface area contributed by atoms with Crippen LogP contribution in [-0.4, -0.2) is 56.4 Å². The number of aromatic nitrogens is 3. The summed E-state index contributed by atoms with van der Waals surface area (Å²) in [6.07, 6.45) is 2.54. The molecule has 2 aliphatic heterocycles. The number of imidazole rings is 1. The number of rotatable bonds is 2. The third-order valence-electron chi connectivity index (χ3n) is 6.00. The van der Waals surface area contributed by atoms with Gasteiger partial charge < -0.3 is 14.5 Å². The van der Waals surface area contributed by atoms with Crippen LogP contribution in [-0.2, 0) is 18.3 Å². The molecule has 0 saturated carbocycles. The fraction of sp³-hybridized carbons (Fsp3) is 0.696. The Morgan fingerprint density at radius 3 is 2.52 bits per heavy atom. The molecule has 170 valence electrons. The maximum atomic E-state index is 13.0. The van der Waals surface area contributed by atoms with Gasteiger partial charge in [0, 0.05) is 39.4 Å². The molecule has 4 heterocycles. The van der Waals surface area contributed by atoms with Gasteiger partial charge >= 0.3 is 11.8 Å². The molecule has 8 heteroatoms. The summed E-state index contributed by atoms with van der Waals surface area (Å²) < 4.78 is 9.14. The lowest BCUT2D eigenvalue weighted by atomic mass is 9.96. The molecule has 0 radical (unpaired) electrons. The molecule has 2 saturated heterocycles. The molecular formula is C23H35N5O3. The van der Waals surface area contributed by atoms with Crippen molar-refractivity contribution in [2.45, 2.75) is 66.2 Å². The van der Waals surface area contributed by atoms with Crippen molar-refractivity contribution in [3.63, 3.8) is 0 Å². The standard InChI is InChI=1S/C23H35N5O3/c1-22(2,3)14-28-18-17(8-9-24-19(18)25(7)20(28)29)26-11-15-10-16(13-26)27(12-15)21(30)31-23(4,5)6/h8-9,15-16H,10-14H2,1-7H3. The summed E-state index contributed by atoms with van der Waals surface area (Å²) >= 11 is 0. The first-order chi connectivity index (χ1) is 14.3. The summed E-state index contributed by atoms with van der Waals surface area (Å²) in [7, 11) is 1.78. The molecule has 8 nitrogen and oxygen atoms in total. The molecular weight excluding hydrogens is 394 g/mol. The number of carbonyl (C=O) groups excluding carboxylic acids is 1. The minimum atomic E-state index is -0.502. The highest BCUT2D eigenvalue weighted by atomic mass is 16.6. The number of piperidine rings is 1. The van der Waals surface area contributed by atoms with Crippen molar-refractivity contribution in [1.29, 1.82) is 0 Å². The topological polar surface area (TPSA) is 72.6 Å². The van der Waals surface area contributed by atoms with E-state index in [1.54, 1.807) is 17.8 Å². The number of hydrogen-bond donors (Lipinski definition) is 0. The zero-order valence-electron chi connectivity index (χ0n) is 19.8. The van der Waals surface area contributed by atoms with Crippen LogP contribution in [0.5, 0.6) is 0 Å². The molecule has 0 N–H and O–H groups in total. The van der Waals surface area contributed by atoms with Crippen LogP contribution in [0.15, 0.2) is 17.1 Å². The van der Waals surface area contributed by atoms with Crippen LogP contribution in [0.25, 0.3) is 11.2 Å². The normalized spacial score (nSPS) is 21.8. The first kappa shape index (κ1) is 21.7. The van der Waals surface area contributed by atoms with Gasteiger partial charge in [0.25, 0.3) is 0 Å². The van der Waals surface area contributed by atoms with E-state index in [1.165, 1.54) is 0 Å². The van der Waals surface area contributed by atoms with Crippen molar-refractivity contribution in [2.75, 3.05) is 24.5 Å². The van der Waals surface area contributed by atoms with Gasteiger partial charge in [0.1, 0.15) is 11.1 Å². The Morgan fingerprint density at radius 1 is 1.16 bits per heavy atom. The molecule has 2 bridgehead atoms. The van der Waals surface area contributed by atoms with E-state index in [2.05, 4.69) is 30.7 Å². The van der Waals surface area contributed by atoms with Crippen molar-refractivity contribution in [2.24, 2.45) is 18.4 Å². The Labute approximate surface area is 183 Å². The van der Waals surface area contributed by atoms with Gasteiger partial charge in [-0.15, -0.1) is 0 Å². The molecule has 2 atom stereocenters. The Kier molecular flexibility index (Phi) is 5.10. The van der Waals surface area contributed by atoms with Gasteiger partial charge in [-0.05, 0) is 44.6 Å². The number of hydrogen-bond acceptors (Lipinski definition) is 5. The smallest absolute Gasteiger partial charge is 0.410 e. The molecule has 4 rings (SSSR count). The molecule has 0 spiro atoms. The van der Waals surface area contributed by atoms with Crippen LogP contribution < -0.4 is 10.6 Å². The number of amides is 1. The van der Waals surface area contributed by atoms with Gasteiger partial charge in [-0.2, -0.15) is 0 Å². The lowest BCUT2D eigenvalue weighted by Gasteiger charge is -2.35. The molecule has 2 fully saturated rings. The molecule has 2 aliphatic rings. The molecule has 1 amide bonds. The zero-order chi connectivity index (χ0) is 22.7. The van der Waals surface area contributed by atoms with E-state index in [1.807, 2.05) is 36.3 Å². The predicted octanol–water partition coefficient (Wildman–Crippen LogP) is 3.23. The van der Waals surface area contributed by atoms with Crippen molar-refractivity contribution in [1.82, 2.24) is 19.0 Å². The van der Waals surface area contributed by atoms with Crippen molar-refractivity contribution in [3.8, 4) is 0 Å². The van der Waals surface area contributed by atoms with Gasteiger partial charge in [-0.25, -0.2) is 14.6 Å². The van der Waals surface area contributed by atoms with E-state index >= 15 is 0 Å². The molecule has 2 unspecified atom stereocenters. The molecule has 2 aromatic heterocycles. The number of pyridine rings is 1. The van der Waals surface area contributed by atoms with Gasteiger partial charge in [-0.1, -0.05) is 20.8 Å². The average Bonchev–Trinajstić information content (AvgIpc) is 3.07. The summed E-state index contributed by atoms with van der Waals surface area (Å²) in [6.45, 7) is 15.0. The molecule has 2 aromatic rings. The minimum Gasteiger partial charge on any atom is -0.444 e. The summed E-state index contributed by atoms with van der Waals surface area (Å²) in [5.41, 5.74) is 2.02. The first-order valence-electron chi connectivity index (χ1n) is 11.1. The van der Waals surface area contributed by atoms with E-state index in [9.17, 15) is 9.59 Å². The highest BCUT2D eigenvalue weighted by Crippen LogP contribution is 2.36. The van der Waals surface area contributed by atoms with Gasteiger partial charge in [0.2, 0.25) is 0 Å². The molecule has 0 aliphatic carbocycles. The Balaban J connectivity index is 1.69. The predicted molar refractivity (Wildman–Crippen MR) is 121 cm³/mol. The summed E-state index contributed by atoms with van der Waals surface area (Å²) in [5, 5.41) is 0. The lowest BCUT2D eigenvalue weighted by molar-refractivity contribution is 0.0233. The van der Waals surface area contributed by atoms with Gasteiger partial charge in [0.05, 0.1) is 11.7 Å². The van der Waals surface area contributed by atoms with Crippen LogP contribution in [0.2, 0.25) is 0 Å². The zero-order valence-corrected chi connectivity index (χ0v) is 19.8. The van der Waals surface area contributed by atoms with Gasteiger partial charge in [-0.3, -0.25) is 9.13 Å². The largest absolute Gasteiger partial charge is 0.444 e. The summed E-state index contributed by atoms with van der Waals surface area (Å²) in [5.74, 6) is 0.390. The fourth-order valence-corrected chi connectivity index (χ4v) is 4.88. The minimum absolute atomic E-state index is 0.0414. The van der Waals surface area contributed by atoms with E-state index in [0.717, 1.165) is 30.7 Å². The van der Waals surface area contributed by atoms with E-state index in [4.69, 9.17) is 4.74 Å². The van der Waals surface area contributed by atoms with Crippen molar-refractivity contribution < 1.29 is 9.53 Å². The number of fused-ring (bicyclic) bond motifs is 3. The van der Waals surface area contributed by atoms with Crippen LogP contribution in [0.1, 0.15) is 48.0 Å². The second-order valence-electron chi connectivity index (χ2n) is 11.3. The highest BCUT2D eigenvalue weighted by molar-refractivity contribution is 5.87. The number of anilines is 1. The van der Waals surface area contributed by atoms with Crippen LogP contribution in [0, 0.1) is 11.3 Å². The number of nitrogens with zero attached hydrogens (tertiary/aromatic N) is 5. The number of ether oxygens (including phenoxy) is 1. The lowest BCUT2D eigenvalue weighted by Crippen LogP contribution is -2.45. The number of carbonyl (C=O) groups is 1. The van der Waals surface area contributed by atoms with Crippen molar-refractivity contribution in [3.05, 3.63) is 22.7 Å². The maximum Gasteiger partial charge on any atom is 0.410 e.